The third-order valence-corrected chi connectivity index (χ3v) is 1.84. The van der Waals surface area contributed by atoms with Crippen LogP contribution in [0.15, 0.2) is 0 Å². The first-order valence-corrected chi connectivity index (χ1v) is 4.02. The van der Waals surface area contributed by atoms with Gasteiger partial charge >= 0.3 is 0 Å². The average Bonchev–Trinajstić information content (AvgIpc) is 1.99. The largest absolute Gasteiger partial charge is 0.380 e. The lowest BCUT2D eigenvalue weighted by atomic mass is 10.1. The van der Waals surface area contributed by atoms with Crippen LogP contribution < -0.4 is 5.32 Å². The van der Waals surface area contributed by atoms with Crippen molar-refractivity contribution in [2.75, 3.05) is 13.7 Å². The van der Waals surface area contributed by atoms with Crippen molar-refractivity contribution >= 4 is 0 Å². The van der Waals surface area contributed by atoms with Crippen LogP contribution >= 0.6 is 0 Å². The fourth-order valence-electron chi connectivity index (χ4n) is 1.07. The first-order valence-electron chi connectivity index (χ1n) is 4.02. The molecule has 0 amide bonds. The summed E-state index contributed by atoms with van der Waals surface area (Å²) in [5.74, 6) is 0. The maximum Gasteiger partial charge on any atom is 0.0696 e. The number of likely N-dealkylation sites (N-methyl/N-ethyl adjacent to an activating group) is 1. The average molecular weight is 145 g/mol. The van der Waals surface area contributed by atoms with Crippen molar-refractivity contribution < 1.29 is 4.74 Å². The number of hydrogen-bond donors (Lipinski definition) is 1. The van der Waals surface area contributed by atoms with Crippen LogP contribution in [-0.2, 0) is 4.74 Å². The summed E-state index contributed by atoms with van der Waals surface area (Å²) < 4.78 is 5.19. The summed E-state index contributed by atoms with van der Waals surface area (Å²) in [7, 11) is 1.75. The molecule has 2 nitrogen and oxygen atoms in total. The summed E-state index contributed by atoms with van der Waals surface area (Å²) in [6, 6.07) is 0.509. The smallest absolute Gasteiger partial charge is 0.0696 e. The maximum absolute atomic E-state index is 5.19. The standard InChI is InChI=1S/C8H19NO/c1-5-8(9-6-2)7(3)10-4/h7-9H,5-6H2,1-4H3. The van der Waals surface area contributed by atoms with Crippen LogP contribution in [-0.4, -0.2) is 25.8 Å². The molecule has 0 aromatic carbocycles. The predicted octanol–water partition coefficient (Wildman–Crippen LogP) is 1.41. The van der Waals surface area contributed by atoms with E-state index in [1.54, 1.807) is 7.11 Å². The van der Waals surface area contributed by atoms with E-state index in [0.29, 0.717) is 12.1 Å². The van der Waals surface area contributed by atoms with Crippen molar-refractivity contribution in [3.8, 4) is 0 Å². The topological polar surface area (TPSA) is 21.3 Å². The first kappa shape index (κ1) is 9.92. The Bertz CT molecular complexity index is 75.7. The van der Waals surface area contributed by atoms with E-state index in [0.717, 1.165) is 13.0 Å². The lowest BCUT2D eigenvalue weighted by molar-refractivity contribution is 0.0823. The molecular weight excluding hydrogens is 126 g/mol. The van der Waals surface area contributed by atoms with E-state index in [-0.39, 0.29) is 0 Å². The van der Waals surface area contributed by atoms with E-state index in [1.807, 2.05) is 0 Å². The zero-order valence-electron chi connectivity index (χ0n) is 7.48. The van der Waals surface area contributed by atoms with Crippen LogP contribution in [0, 0.1) is 0 Å². The van der Waals surface area contributed by atoms with Gasteiger partial charge in [-0.1, -0.05) is 13.8 Å². The zero-order valence-corrected chi connectivity index (χ0v) is 7.48. The Hall–Kier alpha value is -0.0800. The van der Waals surface area contributed by atoms with Crippen molar-refractivity contribution in [3.63, 3.8) is 0 Å². The van der Waals surface area contributed by atoms with Crippen LogP contribution in [0.1, 0.15) is 27.2 Å². The molecule has 2 atom stereocenters. The van der Waals surface area contributed by atoms with Gasteiger partial charge in [0, 0.05) is 13.2 Å². The molecule has 0 aliphatic rings. The second kappa shape index (κ2) is 5.69. The van der Waals surface area contributed by atoms with Gasteiger partial charge in [-0.25, -0.2) is 0 Å². The van der Waals surface area contributed by atoms with Crippen molar-refractivity contribution in [1.82, 2.24) is 5.32 Å². The van der Waals surface area contributed by atoms with Crippen LogP contribution in [0.2, 0.25) is 0 Å². The number of rotatable bonds is 5. The molecular formula is C8H19NO. The monoisotopic (exact) mass is 145 g/mol. The molecule has 0 radical (unpaired) electrons. The Kier molecular flexibility index (Phi) is 5.64. The number of ether oxygens (including phenoxy) is 1. The number of methoxy groups -OCH3 is 1. The molecule has 0 bridgehead atoms. The van der Waals surface area contributed by atoms with Crippen molar-refractivity contribution in [3.05, 3.63) is 0 Å². The second-order valence-electron chi connectivity index (χ2n) is 2.51. The Morgan fingerprint density at radius 3 is 2.30 bits per heavy atom. The molecule has 0 heterocycles. The molecule has 2 heteroatoms. The third kappa shape index (κ3) is 3.18. The quantitative estimate of drug-likeness (QED) is 0.631. The highest BCUT2D eigenvalue weighted by atomic mass is 16.5. The minimum atomic E-state index is 0.324. The zero-order chi connectivity index (χ0) is 7.98. The van der Waals surface area contributed by atoms with Crippen LogP contribution in [0.5, 0.6) is 0 Å². The van der Waals surface area contributed by atoms with Gasteiger partial charge in [-0.05, 0) is 19.9 Å². The molecule has 0 rings (SSSR count). The summed E-state index contributed by atoms with van der Waals surface area (Å²) >= 11 is 0. The Morgan fingerprint density at radius 1 is 1.40 bits per heavy atom. The van der Waals surface area contributed by atoms with Gasteiger partial charge in [0.2, 0.25) is 0 Å². The number of hydrogen-bond acceptors (Lipinski definition) is 2. The SMILES string of the molecule is CCNC(CC)C(C)OC. The lowest BCUT2D eigenvalue weighted by Gasteiger charge is -2.21. The van der Waals surface area contributed by atoms with Gasteiger partial charge in [-0.3, -0.25) is 0 Å². The Balaban J connectivity index is 3.56. The highest BCUT2D eigenvalue weighted by molar-refractivity contribution is 4.70. The normalized spacial score (nSPS) is 16.8. The summed E-state index contributed by atoms with van der Waals surface area (Å²) in [6.45, 7) is 7.40. The van der Waals surface area contributed by atoms with Gasteiger partial charge in [-0.15, -0.1) is 0 Å². The molecule has 0 saturated carbocycles. The summed E-state index contributed by atoms with van der Waals surface area (Å²) in [5.41, 5.74) is 0. The molecule has 0 aromatic heterocycles. The highest BCUT2D eigenvalue weighted by Crippen LogP contribution is 2.00. The molecule has 10 heavy (non-hydrogen) atoms. The molecule has 0 saturated heterocycles. The Labute approximate surface area is 64.0 Å². The van der Waals surface area contributed by atoms with E-state index in [2.05, 4.69) is 26.1 Å². The van der Waals surface area contributed by atoms with Gasteiger partial charge in [0.25, 0.3) is 0 Å². The van der Waals surface area contributed by atoms with Gasteiger partial charge < -0.3 is 10.1 Å². The van der Waals surface area contributed by atoms with Gasteiger partial charge in [0.1, 0.15) is 0 Å². The minimum Gasteiger partial charge on any atom is -0.380 e. The maximum atomic E-state index is 5.19. The predicted molar refractivity (Wildman–Crippen MR) is 44.2 cm³/mol. The lowest BCUT2D eigenvalue weighted by Crippen LogP contribution is -2.38. The second-order valence-corrected chi connectivity index (χ2v) is 2.51. The van der Waals surface area contributed by atoms with Crippen molar-refractivity contribution in [2.45, 2.75) is 39.3 Å². The van der Waals surface area contributed by atoms with E-state index in [4.69, 9.17) is 4.74 Å². The van der Waals surface area contributed by atoms with Gasteiger partial charge in [0.15, 0.2) is 0 Å². The summed E-state index contributed by atoms with van der Waals surface area (Å²) in [5, 5.41) is 3.36. The molecule has 2 unspecified atom stereocenters. The first-order chi connectivity index (χ1) is 4.76. The van der Waals surface area contributed by atoms with Crippen molar-refractivity contribution in [1.29, 1.82) is 0 Å². The molecule has 0 aromatic rings. The van der Waals surface area contributed by atoms with Crippen LogP contribution in [0.4, 0.5) is 0 Å². The molecule has 0 aliphatic carbocycles. The Morgan fingerprint density at radius 2 is 2.00 bits per heavy atom. The summed E-state index contributed by atoms with van der Waals surface area (Å²) in [6.07, 6.45) is 1.45. The molecule has 0 spiro atoms. The molecule has 0 fully saturated rings. The third-order valence-electron chi connectivity index (χ3n) is 1.84. The molecule has 1 N–H and O–H groups in total. The minimum absolute atomic E-state index is 0.324. The van der Waals surface area contributed by atoms with Crippen LogP contribution in [0.3, 0.4) is 0 Å². The summed E-state index contributed by atoms with van der Waals surface area (Å²) in [4.78, 5) is 0. The highest BCUT2D eigenvalue weighted by Gasteiger charge is 2.11. The van der Waals surface area contributed by atoms with Crippen LogP contribution in [0.25, 0.3) is 0 Å². The van der Waals surface area contributed by atoms with Gasteiger partial charge in [-0.2, -0.15) is 0 Å². The molecule has 0 aliphatic heterocycles. The van der Waals surface area contributed by atoms with E-state index in [9.17, 15) is 0 Å². The fraction of sp³-hybridized carbons (Fsp3) is 1.00. The van der Waals surface area contributed by atoms with E-state index >= 15 is 0 Å². The van der Waals surface area contributed by atoms with E-state index < -0.39 is 0 Å². The van der Waals surface area contributed by atoms with E-state index in [1.165, 1.54) is 0 Å². The van der Waals surface area contributed by atoms with Crippen molar-refractivity contribution in [2.24, 2.45) is 0 Å². The molecule has 62 valence electrons. The number of nitrogens with one attached hydrogen (secondary N) is 1. The van der Waals surface area contributed by atoms with Gasteiger partial charge in [0.05, 0.1) is 6.10 Å². The fourth-order valence-corrected chi connectivity index (χ4v) is 1.07.